The maximum atomic E-state index is 12.9. The molecule has 0 aliphatic heterocycles. The highest BCUT2D eigenvalue weighted by Gasteiger charge is 2.23. The van der Waals surface area contributed by atoms with Crippen molar-refractivity contribution < 1.29 is 19.1 Å². The van der Waals surface area contributed by atoms with E-state index in [0.29, 0.717) is 12.1 Å². The number of aromatic nitrogens is 1. The standard InChI is InChI=1S/C22H19BrN4O4/c23-16-8-11-19(25-13-16)18(12-14-4-2-1-3-5-14)21(29)27-26-20(28)15-6-9-17(10-7-15)31-22(24)30/h1-11,13,18H,12H2,(H2,24,30)(H,26,28)(H,27,29). The molecule has 0 radical (unpaired) electrons. The summed E-state index contributed by atoms with van der Waals surface area (Å²) < 4.78 is 5.52. The molecule has 8 nitrogen and oxygen atoms in total. The fourth-order valence-electron chi connectivity index (χ4n) is 2.84. The number of amides is 3. The van der Waals surface area contributed by atoms with Crippen molar-refractivity contribution in [2.45, 2.75) is 12.3 Å². The summed E-state index contributed by atoms with van der Waals surface area (Å²) >= 11 is 3.34. The van der Waals surface area contributed by atoms with Gasteiger partial charge >= 0.3 is 6.09 Å². The fraction of sp³-hybridized carbons (Fsp3) is 0.0909. The average molecular weight is 483 g/mol. The van der Waals surface area contributed by atoms with E-state index in [0.717, 1.165) is 10.0 Å². The molecule has 0 saturated carbocycles. The van der Waals surface area contributed by atoms with Crippen LogP contribution in [0.2, 0.25) is 0 Å². The number of halogens is 1. The van der Waals surface area contributed by atoms with Gasteiger partial charge in [0.2, 0.25) is 5.91 Å². The quantitative estimate of drug-likeness (QED) is 0.465. The molecule has 0 saturated heterocycles. The Labute approximate surface area is 186 Å². The molecule has 31 heavy (non-hydrogen) atoms. The summed E-state index contributed by atoms with van der Waals surface area (Å²) in [5, 5.41) is 0. The molecule has 0 bridgehead atoms. The number of hydrogen-bond donors (Lipinski definition) is 3. The number of hydrogen-bond acceptors (Lipinski definition) is 5. The van der Waals surface area contributed by atoms with Gasteiger partial charge in [-0.2, -0.15) is 0 Å². The third kappa shape index (κ3) is 6.38. The van der Waals surface area contributed by atoms with Crippen LogP contribution in [0.25, 0.3) is 0 Å². The van der Waals surface area contributed by atoms with Crippen LogP contribution in [0.4, 0.5) is 4.79 Å². The van der Waals surface area contributed by atoms with E-state index in [1.165, 1.54) is 24.3 Å². The maximum absolute atomic E-state index is 12.9. The molecule has 3 aromatic rings. The average Bonchev–Trinajstić information content (AvgIpc) is 2.77. The lowest BCUT2D eigenvalue weighted by atomic mass is 9.95. The van der Waals surface area contributed by atoms with Crippen molar-refractivity contribution in [2.75, 3.05) is 0 Å². The normalized spacial score (nSPS) is 11.3. The first-order valence-corrected chi connectivity index (χ1v) is 10.0. The van der Waals surface area contributed by atoms with Crippen LogP contribution in [0.15, 0.2) is 77.4 Å². The zero-order valence-electron chi connectivity index (χ0n) is 16.2. The molecule has 0 spiro atoms. The van der Waals surface area contributed by atoms with Crippen molar-refractivity contribution in [1.82, 2.24) is 15.8 Å². The van der Waals surface area contributed by atoms with Crippen LogP contribution >= 0.6 is 15.9 Å². The lowest BCUT2D eigenvalue weighted by molar-refractivity contribution is -0.123. The predicted octanol–water partition coefficient (Wildman–Crippen LogP) is 3.09. The molecule has 2 aromatic carbocycles. The summed E-state index contributed by atoms with van der Waals surface area (Å²) in [6.07, 6.45) is 1.08. The minimum Gasteiger partial charge on any atom is -0.411 e. The number of ether oxygens (including phenoxy) is 1. The van der Waals surface area contributed by atoms with Gasteiger partial charge in [0.15, 0.2) is 0 Å². The second kappa shape index (κ2) is 10.4. The van der Waals surface area contributed by atoms with Crippen molar-refractivity contribution in [3.05, 3.63) is 94.2 Å². The van der Waals surface area contributed by atoms with Crippen molar-refractivity contribution in [3.8, 4) is 5.75 Å². The molecule has 4 N–H and O–H groups in total. The molecule has 1 unspecified atom stereocenters. The number of nitrogens with two attached hydrogens (primary N) is 1. The predicted molar refractivity (Wildman–Crippen MR) is 117 cm³/mol. The van der Waals surface area contributed by atoms with E-state index < -0.39 is 23.8 Å². The highest BCUT2D eigenvalue weighted by Crippen LogP contribution is 2.21. The third-order valence-corrected chi connectivity index (χ3v) is 4.81. The first-order valence-electron chi connectivity index (χ1n) is 9.25. The van der Waals surface area contributed by atoms with Gasteiger partial charge in [0.25, 0.3) is 5.91 Å². The number of primary amides is 1. The van der Waals surface area contributed by atoms with Crippen LogP contribution in [-0.2, 0) is 11.2 Å². The number of carbonyl (C=O) groups excluding carboxylic acids is 3. The summed E-state index contributed by atoms with van der Waals surface area (Å²) in [6, 6.07) is 18.8. The van der Waals surface area contributed by atoms with Gasteiger partial charge < -0.3 is 10.5 Å². The highest BCUT2D eigenvalue weighted by atomic mass is 79.9. The number of benzene rings is 2. The summed E-state index contributed by atoms with van der Waals surface area (Å²) in [7, 11) is 0. The van der Waals surface area contributed by atoms with Crippen LogP contribution in [0, 0.1) is 0 Å². The molecule has 0 aliphatic carbocycles. The van der Waals surface area contributed by atoms with E-state index in [1.807, 2.05) is 36.4 Å². The van der Waals surface area contributed by atoms with E-state index in [1.54, 1.807) is 12.3 Å². The van der Waals surface area contributed by atoms with Crippen LogP contribution < -0.4 is 21.3 Å². The molecule has 3 rings (SSSR count). The summed E-state index contributed by atoms with van der Waals surface area (Å²) in [6.45, 7) is 0. The molecule has 1 heterocycles. The van der Waals surface area contributed by atoms with Gasteiger partial charge in [-0.1, -0.05) is 30.3 Å². The molecule has 0 aliphatic rings. The fourth-order valence-corrected chi connectivity index (χ4v) is 3.08. The zero-order chi connectivity index (χ0) is 22.2. The van der Waals surface area contributed by atoms with Gasteiger partial charge in [0.05, 0.1) is 11.6 Å². The lowest BCUT2D eigenvalue weighted by Crippen LogP contribution is -2.44. The third-order valence-electron chi connectivity index (χ3n) is 4.34. The van der Waals surface area contributed by atoms with Crippen molar-refractivity contribution >= 4 is 33.8 Å². The van der Waals surface area contributed by atoms with E-state index in [2.05, 4.69) is 31.8 Å². The van der Waals surface area contributed by atoms with Gasteiger partial charge in [-0.15, -0.1) is 0 Å². The number of nitrogens with zero attached hydrogens (tertiary/aromatic N) is 1. The minimum atomic E-state index is -0.949. The Kier molecular flexibility index (Phi) is 7.34. The van der Waals surface area contributed by atoms with Crippen LogP contribution in [0.3, 0.4) is 0 Å². The summed E-state index contributed by atoms with van der Waals surface area (Å²) in [5.41, 5.74) is 11.6. The SMILES string of the molecule is NC(=O)Oc1ccc(C(=O)NNC(=O)C(Cc2ccccc2)c2ccc(Br)cn2)cc1. The van der Waals surface area contributed by atoms with Crippen LogP contribution in [-0.4, -0.2) is 22.9 Å². The van der Waals surface area contributed by atoms with E-state index >= 15 is 0 Å². The maximum Gasteiger partial charge on any atom is 0.409 e. The Morgan fingerprint density at radius 1 is 0.968 bits per heavy atom. The Hall–Kier alpha value is -3.72. The molecule has 1 atom stereocenters. The van der Waals surface area contributed by atoms with E-state index in [4.69, 9.17) is 10.5 Å². The topological polar surface area (TPSA) is 123 Å². The van der Waals surface area contributed by atoms with Crippen molar-refractivity contribution in [2.24, 2.45) is 5.73 Å². The number of hydrazine groups is 1. The number of rotatable bonds is 6. The van der Waals surface area contributed by atoms with E-state index in [9.17, 15) is 14.4 Å². The first kappa shape index (κ1) is 22.0. The van der Waals surface area contributed by atoms with E-state index in [-0.39, 0.29) is 11.3 Å². The Balaban J connectivity index is 1.68. The number of pyridine rings is 1. The monoisotopic (exact) mass is 482 g/mol. The van der Waals surface area contributed by atoms with Crippen molar-refractivity contribution in [1.29, 1.82) is 0 Å². The highest BCUT2D eigenvalue weighted by molar-refractivity contribution is 9.10. The van der Waals surface area contributed by atoms with Gasteiger partial charge in [0.1, 0.15) is 5.75 Å². The molecule has 0 fully saturated rings. The largest absolute Gasteiger partial charge is 0.411 e. The Morgan fingerprint density at radius 3 is 2.29 bits per heavy atom. The van der Waals surface area contributed by atoms with Crippen LogP contribution in [0.1, 0.15) is 27.5 Å². The molecule has 1 aromatic heterocycles. The van der Waals surface area contributed by atoms with Crippen LogP contribution in [0.5, 0.6) is 5.75 Å². The Morgan fingerprint density at radius 2 is 1.68 bits per heavy atom. The first-order chi connectivity index (χ1) is 14.9. The molecular formula is C22H19BrN4O4. The molecule has 3 amide bonds. The second-order valence-corrected chi connectivity index (χ2v) is 7.45. The zero-order valence-corrected chi connectivity index (χ0v) is 17.8. The van der Waals surface area contributed by atoms with Crippen molar-refractivity contribution in [3.63, 3.8) is 0 Å². The molecular weight excluding hydrogens is 464 g/mol. The lowest BCUT2D eigenvalue weighted by Gasteiger charge is -2.17. The number of nitrogens with one attached hydrogen (secondary N) is 2. The molecule has 9 heteroatoms. The minimum absolute atomic E-state index is 0.206. The number of carbonyl (C=O) groups is 3. The Bertz CT molecular complexity index is 1060. The van der Waals surface area contributed by atoms with Gasteiger partial charge in [-0.05, 0) is 64.3 Å². The smallest absolute Gasteiger partial charge is 0.409 e. The van der Waals surface area contributed by atoms with Gasteiger partial charge in [-0.25, -0.2) is 4.79 Å². The second-order valence-electron chi connectivity index (χ2n) is 6.53. The van der Waals surface area contributed by atoms with Gasteiger partial charge in [-0.3, -0.25) is 25.4 Å². The summed E-state index contributed by atoms with van der Waals surface area (Å²) in [5.74, 6) is -1.33. The summed E-state index contributed by atoms with van der Waals surface area (Å²) in [4.78, 5) is 40.4. The molecule has 158 valence electrons. The van der Waals surface area contributed by atoms with Gasteiger partial charge in [0, 0.05) is 16.2 Å².